The third kappa shape index (κ3) is 2.56. The number of hydrogen-bond donors (Lipinski definition) is 1. The summed E-state index contributed by atoms with van der Waals surface area (Å²) in [7, 11) is 0. The maximum atomic E-state index is 12.1. The fraction of sp³-hybridized carbons (Fsp3) is 0. The number of carboxylic acid groups (broad SMARTS) is 1. The van der Waals surface area contributed by atoms with Crippen LogP contribution in [0.5, 0.6) is 0 Å². The first-order valence-electron chi connectivity index (χ1n) is 4.82. The Kier molecular flexibility index (Phi) is 3.71. The molecule has 0 aliphatic heterocycles. The molecule has 0 amide bonds. The van der Waals surface area contributed by atoms with Crippen molar-refractivity contribution in [3.05, 3.63) is 55.7 Å². The van der Waals surface area contributed by atoms with Crippen molar-refractivity contribution < 1.29 is 14.7 Å². The van der Waals surface area contributed by atoms with Crippen LogP contribution in [-0.2, 0) is 0 Å². The van der Waals surface area contributed by atoms with Crippen molar-refractivity contribution in [3.63, 3.8) is 0 Å². The van der Waals surface area contributed by atoms with E-state index in [9.17, 15) is 9.59 Å². The number of carbonyl (C=O) groups excluding carboxylic acids is 1. The zero-order valence-electron chi connectivity index (χ0n) is 8.81. The number of thiophene rings is 1. The van der Waals surface area contributed by atoms with E-state index in [1.54, 1.807) is 24.3 Å². The van der Waals surface area contributed by atoms with Gasteiger partial charge in [0, 0.05) is 10.6 Å². The van der Waals surface area contributed by atoms with Crippen molar-refractivity contribution in [3.8, 4) is 0 Å². The summed E-state index contributed by atoms with van der Waals surface area (Å²) in [5.74, 6) is -1.42. The number of rotatable bonds is 3. The van der Waals surface area contributed by atoms with Crippen molar-refractivity contribution in [2.45, 2.75) is 0 Å². The molecule has 18 heavy (non-hydrogen) atoms. The Balaban J connectivity index is 2.39. The molecule has 0 unspecified atom stereocenters. The molecule has 0 aliphatic rings. The molecule has 3 nitrogen and oxygen atoms in total. The minimum absolute atomic E-state index is 0.0392. The van der Waals surface area contributed by atoms with Gasteiger partial charge in [-0.2, -0.15) is 0 Å². The van der Waals surface area contributed by atoms with Crippen LogP contribution in [0, 0.1) is 0 Å². The Hall–Kier alpha value is -1.36. The highest BCUT2D eigenvalue weighted by atomic mass is 35.5. The van der Waals surface area contributed by atoms with Crippen LogP contribution < -0.4 is 0 Å². The predicted octanol–water partition coefficient (Wildman–Crippen LogP) is 3.98. The van der Waals surface area contributed by atoms with Crippen molar-refractivity contribution in [2.75, 3.05) is 0 Å². The molecule has 0 fully saturated rings. The molecule has 0 atom stereocenters. The fourth-order valence-electron chi connectivity index (χ4n) is 1.39. The lowest BCUT2D eigenvalue weighted by Gasteiger charge is -1.99. The first-order chi connectivity index (χ1) is 8.49. The van der Waals surface area contributed by atoms with Gasteiger partial charge >= 0.3 is 5.97 Å². The van der Waals surface area contributed by atoms with E-state index in [1.807, 2.05) is 0 Å². The molecule has 0 bridgehead atoms. The zero-order chi connectivity index (χ0) is 13.3. The smallest absolute Gasteiger partial charge is 0.345 e. The van der Waals surface area contributed by atoms with E-state index in [1.165, 1.54) is 6.07 Å². The Morgan fingerprint density at radius 1 is 1.11 bits per heavy atom. The number of halogens is 2. The van der Waals surface area contributed by atoms with E-state index in [-0.39, 0.29) is 20.6 Å². The van der Waals surface area contributed by atoms with Crippen LogP contribution in [0.1, 0.15) is 25.6 Å². The van der Waals surface area contributed by atoms with Crippen molar-refractivity contribution >= 4 is 46.3 Å². The molecule has 6 heteroatoms. The highest BCUT2D eigenvalue weighted by Gasteiger charge is 2.19. The van der Waals surface area contributed by atoms with E-state index < -0.39 is 5.97 Å². The SMILES string of the molecule is O=C(O)c1cc(C(=O)c2ccc(Cl)cc2)c(Cl)s1. The van der Waals surface area contributed by atoms with Crippen LogP contribution in [0.4, 0.5) is 0 Å². The summed E-state index contributed by atoms with van der Waals surface area (Å²) in [6.07, 6.45) is 0. The highest BCUT2D eigenvalue weighted by Crippen LogP contribution is 2.29. The fourth-order valence-corrected chi connectivity index (χ4v) is 2.62. The van der Waals surface area contributed by atoms with E-state index in [0.717, 1.165) is 11.3 Å². The summed E-state index contributed by atoms with van der Waals surface area (Å²) >= 11 is 12.5. The third-order valence-electron chi connectivity index (χ3n) is 2.25. The number of carbonyl (C=O) groups is 2. The van der Waals surface area contributed by atoms with Gasteiger partial charge in [0.2, 0.25) is 0 Å². The summed E-state index contributed by atoms with van der Waals surface area (Å²) in [4.78, 5) is 22.9. The van der Waals surface area contributed by atoms with Gasteiger partial charge in [-0.25, -0.2) is 4.79 Å². The molecular formula is C12H6Cl2O3S. The van der Waals surface area contributed by atoms with Crippen LogP contribution in [0.15, 0.2) is 30.3 Å². The Morgan fingerprint density at radius 2 is 1.72 bits per heavy atom. The molecule has 0 aliphatic carbocycles. The molecule has 1 N–H and O–H groups in total. The quantitative estimate of drug-likeness (QED) is 0.872. The monoisotopic (exact) mass is 300 g/mol. The molecule has 0 saturated heterocycles. The Morgan fingerprint density at radius 3 is 2.22 bits per heavy atom. The Bertz CT molecular complexity index is 617. The van der Waals surface area contributed by atoms with Gasteiger partial charge in [0.05, 0.1) is 5.56 Å². The molecule has 0 radical (unpaired) electrons. The molecule has 2 rings (SSSR count). The number of hydrogen-bond acceptors (Lipinski definition) is 3. The summed E-state index contributed by atoms with van der Waals surface area (Å²) in [5, 5.41) is 9.36. The van der Waals surface area contributed by atoms with Crippen LogP contribution in [0.25, 0.3) is 0 Å². The topological polar surface area (TPSA) is 54.4 Å². The average Bonchev–Trinajstić information content (AvgIpc) is 2.71. The van der Waals surface area contributed by atoms with Crippen molar-refractivity contribution in [2.24, 2.45) is 0 Å². The summed E-state index contributed by atoms with van der Waals surface area (Å²) in [6.45, 7) is 0. The van der Waals surface area contributed by atoms with Gasteiger partial charge in [-0.15, -0.1) is 11.3 Å². The lowest BCUT2D eigenvalue weighted by Crippen LogP contribution is -2.00. The van der Waals surface area contributed by atoms with Gasteiger partial charge in [0.25, 0.3) is 0 Å². The second-order valence-corrected chi connectivity index (χ2v) is 5.53. The standard InChI is InChI=1S/C12H6Cl2O3S/c13-7-3-1-6(2-4-7)10(15)8-5-9(12(16)17)18-11(8)14/h1-5H,(H,16,17). The van der Waals surface area contributed by atoms with E-state index in [4.69, 9.17) is 28.3 Å². The second kappa shape index (κ2) is 5.10. The highest BCUT2D eigenvalue weighted by molar-refractivity contribution is 7.18. The number of ketones is 1. The van der Waals surface area contributed by atoms with E-state index >= 15 is 0 Å². The summed E-state index contributed by atoms with van der Waals surface area (Å²) in [5.41, 5.74) is 0.609. The number of benzene rings is 1. The van der Waals surface area contributed by atoms with Crippen LogP contribution in [0.2, 0.25) is 9.36 Å². The molecule has 1 aromatic carbocycles. The average molecular weight is 301 g/mol. The number of carboxylic acids is 1. The largest absolute Gasteiger partial charge is 0.477 e. The van der Waals surface area contributed by atoms with Gasteiger partial charge in [0.1, 0.15) is 9.21 Å². The minimum Gasteiger partial charge on any atom is -0.477 e. The third-order valence-corrected chi connectivity index (χ3v) is 3.85. The van der Waals surface area contributed by atoms with Gasteiger partial charge in [-0.05, 0) is 30.3 Å². The number of aromatic carboxylic acids is 1. The van der Waals surface area contributed by atoms with E-state index in [2.05, 4.69) is 0 Å². The normalized spacial score (nSPS) is 10.3. The van der Waals surface area contributed by atoms with Crippen molar-refractivity contribution in [1.82, 2.24) is 0 Å². The maximum absolute atomic E-state index is 12.1. The lowest BCUT2D eigenvalue weighted by molar-refractivity contribution is 0.0702. The van der Waals surface area contributed by atoms with Gasteiger partial charge in [-0.1, -0.05) is 23.2 Å². The molecular weight excluding hydrogens is 295 g/mol. The molecule has 1 heterocycles. The molecule has 92 valence electrons. The van der Waals surface area contributed by atoms with Gasteiger partial charge in [-0.3, -0.25) is 4.79 Å². The first-order valence-corrected chi connectivity index (χ1v) is 6.39. The maximum Gasteiger partial charge on any atom is 0.345 e. The lowest BCUT2D eigenvalue weighted by atomic mass is 10.1. The zero-order valence-corrected chi connectivity index (χ0v) is 11.1. The minimum atomic E-state index is -1.10. The molecule has 0 saturated carbocycles. The second-order valence-electron chi connectivity index (χ2n) is 3.44. The predicted molar refractivity (Wildman–Crippen MR) is 71.2 cm³/mol. The molecule has 2 aromatic rings. The van der Waals surface area contributed by atoms with Gasteiger partial charge in [0.15, 0.2) is 5.78 Å². The van der Waals surface area contributed by atoms with E-state index in [0.29, 0.717) is 10.6 Å². The van der Waals surface area contributed by atoms with Crippen molar-refractivity contribution in [1.29, 1.82) is 0 Å². The summed E-state index contributed by atoms with van der Waals surface area (Å²) < 4.78 is 0.173. The van der Waals surface area contributed by atoms with Gasteiger partial charge < -0.3 is 5.11 Å². The first kappa shape index (κ1) is 13.1. The molecule has 0 spiro atoms. The Labute approximate surface area is 117 Å². The van der Waals surface area contributed by atoms with Crippen LogP contribution >= 0.6 is 34.5 Å². The van der Waals surface area contributed by atoms with Crippen LogP contribution in [0.3, 0.4) is 0 Å². The van der Waals surface area contributed by atoms with Crippen LogP contribution in [-0.4, -0.2) is 16.9 Å². The molecule has 1 aromatic heterocycles. The summed E-state index contributed by atoms with van der Waals surface area (Å²) in [6, 6.07) is 7.60.